The topological polar surface area (TPSA) is 82.1 Å². The molecule has 0 aliphatic rings. The van der Waals surface area contributed by atoms with Gasteiger partial charge in [0.25, 0.3) is 5.56 Å². The maximum absolute atomic E-state index is 12.7. The molecule has 0 aliphatic heterocycles. The van der Waals surface area contributed by atoms with Gasteiger partial charge in [0.2, 0.25) is 5.91 Å². The summed E-state index contributed by atoms with van der Waals surface area (Å²) in [6, 6.07) is 7.78. The van der Waals surface area contributed by atoms with Crippen molar-refractivity contribution in [1.29, 1.82) is 0 Å². The molecule has 8 nitrogen and oxygen atoms in total. The molecule has 0 atom stereocenters. The summed E-state index contributed by atoms with van der Waals surface area (Å²) in [5.41, 5.74) is 1.63. The van der Waals surface area contributed by atoms with Crippen LogP contribution in [0.1, 0.15) is 11.1 Å². The second-order valence-electron chi connectivity index (χ2n) is 6.44. The van der Waals surface area contributed by atoms with Crippen LogP contribution in [0.4, 0.5) is 0 Å². The molecule has 0 bridgehead atoms. The van der Waals surface area contributed by atoms with Crippen molar-refractivity contribution in [3.63, 3.8) is 0 Å². The van der Waals surface area contributed by atoms with Gasteiger partial charge in [-0.3, -0.25) is 14.2 Å². The van der Waals surface area contributed by atoms with Crippen LogP contribution in [0.15, 0.2) is 40.2 Å². The van der Waals surface area contributed by atoms with E-state index < -0.39 is 11.2 Å². The number of carbonyl (C=O) groups is 1. The normalized spacial score (nSPS) is 11.1. The Labute approximate surface area is 149 Å². The van der Waals surface area contributed by atoms with Crippen molar-refractivity contribution in [1.82, 2.24) is 23.6 Å². The minimum absolute atomic E-state index is 0.293. The number of amides is 1. The van der Waals surface area contributed by atoms with E-state index in [0.717, 1.165) is 15.7 Å². The first-order valence-corrected chi connectivity index (χ1v) is 8.20. The molecular formula is C18H21N5O3. The summed E-state index contributed by atoms with van der Waals surface area (Å²) >= 11 is 0. The molecular weight excluding hydrogens is 334 g/mol. The van der Waals surface area contributed by atoms with Gasteiger partial charge in [-0.05, 0) is 18.1 Å². The zero-order chi connectivity index (χ0) is 19.0. The summed E-state index contributed by atoms with van der Waals surface area (Å²) in [4.78, 5) is 43.4. The van der Waals surface area contributed by atoms with Crippen LogP contribution in [0, 0.1) is 6.92 Å². The van der Waals surface area contributed by atoms with E-state index in [2.05, 4.69) is 4.98 Å². The SMILES string of the molecule is Cc1ccccc1CN(C)C(=O)Cn1c(=O)c2c(ncn2C)n(C)c1=O. The Morgan fingerprint density at radius 2 is 1.88 bits per heavy atom. The lowest BCUT2D eigenvalue weighted by Gasteiger charge is -2.19. The van der Waals surface area contributed by atoms with E-state index in [1.807, 2.05) is 31.2 Å². The fraction of sp³-hybridized carbons (Fsp3) is 0.333. The van der Waals surface area contributed by atoms with E-state index in [4.69, 9.17) is 0 Å². The highest BCUT2D eigenvalue weighted by atomic mass is 16.2. The molecule has 0 saturated carbocycles. The van der Waals surface area contributed by atoms with E-state index in [1.54, 1.807) is 18.7 Å². The summed E-state index contributed by atoms with van der Waals surface area (Å²) < 4.78 is 3.79. The second-order valence-corrected chi connectivity index (χ2v) is 6.44. The van der Waals surface area contributed by atoms with Crippen LogP contribution >= 0.6 is 0 Å². The van der Waals surface area contributed by atoms with Crippen LogP contribution in [0.25, 0.3) is 11.2 Å². The third-order valence-electron chi connectivity index (χ3n) is 4.59. The Morgan fingerprint density at radius 3 is 2.58 bits per heavy atom. The molecule has 3 aromatic rings. The average molecular weight is 355 g/mol. The maximum atomic E-state index is 12.7. The van der Waals surface area contributed by atoms with Crippen molar-refractivity contribution < 1.29 is 4.79 Å². The standard InChI is InChI=1S/C18H21N5O3/c1-12-7-5-6-8-13(12)9-20(2)14(24)10-23-17(25)15-16(19-11-21(15)3)22(4)18(23)26/h5-8,11H,9-10H2,1-4H3. The average Bonchev–Trinajstić information content (AvgIpc) is 3.00. The van der Waals surface area contributed by atoms with Crippen molar-refractivity contribution in [3.8, 4) is 0 Å². The number of benzene rings is 1. The van der Waals surface area contributed by atoms with E-state index in [0.29, 0.717) is 17.7 Å². The Balaban J connectivity index is 1.92. The number of hydrogen-bond acceptors (Lipinski definition) is 4. The van der Waals surface area contributed by atoms with Crippen LogP contribution in [0.2, 0.25) is 0 Å². The molecule has 0 saturated heterocycles. The fourth-order valence-electron chi connectivity index (χ4n) is 2.92. The van der Waals surface area contributed by atoms with Gasteiger partial charge in [0, 0.05) is 27.7 Å². The Hall–Kier alpha value is -3.16. The molecule has 8 heteroatoms. The second kappa shape index (κ2) is 6.62. The predicted molar refractivity (Wildman–Crippen MR) is 97.9 cm³/mol. The molecule has 0 spiro atoms. The van der Waals surface area contributed by atoms with Crippen molar-refractivity contribution in [2.24, 2.45) is 14.1 Å². The minimum Gasteiger partial charge on any atom is -0.340 e. The molecule has 0 radical (unpaired) electrons. The highest BCUT2D eigenvalue weighted by molar-refractivity contribution is 5.76. The summed E-state index contributed by atoms with van der Waals surface area (Å²) in [6.45, 7) is 2.08. The number of likely N-dealkylation sites (N-methyl/N-ethyl adjacent to an activating group) is 1. The summed E-state index contributed by atoms with van der Waals surface area (Å²) in [6.07, 6.45) is 1.47. The number of carbonyl (C=O) groups excluding carboxylic acids is 1. The first kappa shape index (κ1) is 17.7. The third-order valence-corrected chi connectivity index (χ3v) is 4.59. The van der Waals surface area contributed by atoms with Crippen molar-refractivity contribution in [2.75, 3.05) is 7.05 Å². The summed E-state index contributed by atoms with van der Waals surface area (Å²) in [5, 5.41) is 0. The Kier molecular flexibility index (Phi) is 4.50. The summed E-state index contributed by atoms with van der Waals surface area (Å²) in [5.74, 6) is -0.311. The molecule has 1 aromatic carbocycles. The molecule has 2 aromatic heterocycles. The van der Waals surface area contributed by atoms with Gasteiger partial charge in [0.05, 0.1) is 6.33 Å². The molecule has 0 fully saturated rings. The number of nitrogens with zero attached hydrogens (tertiary/aromatic N) is 5. The number of imidazole rings is 1. The molecule has 26 heavy (non-hydrogen) atoms. The number of aryl methyl sites for hydroxylation is 3. The zero-order valence-electron chi connectivity index (χ0n) is 15.3. The van der Waals surface area contributed by atoms with Crippen LogP contribution in [0.3, 0.4) is 0 Å². The maximum Gasteiger partial charge on any atom is 0.332 e. The van der Waals surface area contributed by atoms with Crippen molar-refractivity contribution in [2.45, 2.75) is 20.0 Å². The van der Waals surface area contributed by atoms with E-state index in [9.17, 15) is 14.4 Å². The Bertz CT molecular complexity index is 1110. The highest BCUT2D eigenvalue weighted by Crippen LogP contribution is 2.10. The van der Waals surface area contributed by atoms with Crippen LogP contribution in [0.5, 0.6) is 0 Å². The predicted octanol–water partition coefficient (Wildman–Crippen LogP) is 0.401. The zero-order valence-corrected chi connectivity index (χ0v) is 15.3. The van der Waals surface area contributed by atoms with E-state index in [-0.39, 0.29) is 12.5 Å². The van der Waals surface area contributed by atoms with Crippen LogP contribution < -0.4 is 11.2 Å². The van der Waals surface area contributed by atoms with Gasteiger partial charge in [-0.2, -0.15) is 0 Å². The van der Waals surface area contributed by atoms with Gasteiger partial charge in [-0.25, -0.2) is 14.3 Å². The van der Waals surface area contributed by atoms with Crippen molar-refractivity contribution in [3.05, 3.63) is 62.6 Å². The molecule has 3 rings (SSSR count). The van der Waals surface area contributed by atoms with Crippen LogP contribution in [-0.2, 0) is 32.0 Å². The van der Waals surface area contributed by atoms with Gasteiger partial charge >= 0.3 is 5.69 Å². The third kappa shape index (κ3) is 2.94. The molecule has 1 amide bonds. The quantitative estimate of drug-likeness (QED) is 0.678. The van der Waals surface area contributed by atoms with E-state index >= 15 is 0 Å². The largest absolute Gasteiger partial charge is 0.340 e. The van der Waals surface area contributed by atoms with Gasteiger partial charge in [0.15, 0.2) is 11.2 Å². The smallest absolute Gasteiger partial charge is 0.332 e. The van der Waals surface area contributed by atoms with Gasteiger partial charge in [-0.1, -0.05) is 24.3 Å². The lowest BCUT2D eigenvalue weighted by atomic mass is 10.1. The first-order valence-electron chi connectivity index (χ1n) is 8.20. The lowest BCUT2D eigenvalue weighted by Crippen LogP contribution is -2.43. The number of aromatic nitrogens is 4. The molecule has 0 N–H and O–H groups in total. The molecule has 0 unspecified atom stereocenters. The summed E-state index contributed by atoms with van der Waals surface area (Å²) in [7, 11) is 4.87. The van der Waals surface area contributed by atoms with Crippen molar-refractivity contribution >= 4 is 17.1 Å². The van der Waals surface area contributed by atoms with E-state index in [1.165, 1.54) is 22.8 Å². The highest BCUT2D eigenvalue weighted by Gasteiger charge is 2.19. The minimum atomic E-state index is -0.557. The number of hydrogen-bond donors (Lipinski definition) is 0. The number of fused-ring (bicyclic) bond motifs is 1. The molecule has 136 valence electrons. The lowest BCUT2D eigenvalue weighted by molar-refractivity contribution is -0.131. The Morgan fingerprint density at radius 1 is 1.19 bits per heavy atom. The first-order chi connectivity index (χ1) is 12.3. The van der Waals surface area contributed by atoms with Gasteiger partial charge in [-0.15, -0.1) is 0 Å². The fourth-order valence-corrected chi connectivity index (χ4v) is 2.92. The van der Waals surface area contributed by atoms with Gasteiger partial charge < -0.3 is 9.47 Å². The number of rotatable bonds is 4. The monoisotopic (exact) mass is 355 g/mol. The van der Waals surface area contributed by atoms with Crippen LogP contribution in [-0.4, -0.2) is 36.5 Å². The molecule has 2 heterocycles. The molecule has 0 aliphatic carbocycles. The van der Waals surface area contributed by atoms with Gasteiger partial charge in [0.1, 0.15) is 6.54 Å².